The molecule has 2 heterocycles. The number of aryl methyl sites for hydroxylation is 1. The number of hydrogen-bond donors (Lipinski definition) is 2. The van der Waals surface area contributed by atoms with E-state index in [1.807, 2.05) is 6.92 Å². The van der Waals surface area contributed by atoms with Gasteiger partial charge in [-0.2, -0.15) is 0 Å². The molecule has 1 aromatic rings. The molecule has 1 saturated heterocycles. The highest BCUT2D eigenvalue weighted by atomic mass is 16.4. The number of aliphatic carboxylic acids is 1. The van der Waals surface area contributed by atoms with Crippen molar-refractivity contribution < 1.29 is 14.7 Å². The number of likely N-dealkylation sites (tertiary alicyclic amines) is 1. The molecule has 1 aromatic heterocycles. The number of carbonyl (C=O) groups is 2. The third-order valence-electron chi connectivity index (χ3n) is 2.86. The highest BCUT2D eigenvalue weighted by Crippen LogP contribution is 2.19. The molecule has 0 bridgehead atoms. The lowest BCUT2D eigenvalue weighted by Gasteiger charge is -2.19. The number of amides is 1. The summed E-state index contributed by atoms with van der Waals surface area (Å²) in [5, 5.41) is 15.4. The summed E-state index contributed by atoms with van der Waals surface area (Å²) in [6.45, 7) is 2.34. The van der Waals surface area contributed by atoms with Crippen LogP contribution in [0.5, 0.6) is 0 Å². The van der Waals surface area contributed by atoms with Gasteiger partial charge in [0.15, 0.2) is 0 Å². The van der Waals surface area contributed by atoms with E-state index >= 15 is 0 Å². The Morgan fingerprint density at radius 3 is 2.94 bits per heavy atom. The maximum atomic E-state index is 12.0. The molecular formula is C10H14N4O3. The molecule has 7 heteroatoms. The quantitative estimate of drug-likeness (QED) is 0.775. The number of aromatic nitrogens is 3. The van der Waals surface area contributed by atoms with Gasteiger partial charge in [-0.25, -0.2) is 9.78 Å². The predicted molar refractivity (Wildman–Crippen MR) is 57.5 cm³/mol. The highest BCUT2D eigenvalue weighted by Gasteiger charge is 2.35. The highest BCUT2D eigenvalue weighted by molar-refractivity contribution is 5.93. The fourth-order valence-electron chi connectivity index (χ4n) is 1.94. The van der Waals surface area contributed by atoms with Gasteiger partial charge in [0.05, 0.1) is 0 Å². The monoisotopic (exact) mass is 238 g/mol. The van der Waals surface area contributed by atoms with E-state index in [0.717, 1.165) is 0 Å². The number of nitrogens with zero attached hydrogens (tertiary/aromatic N) is 3. The molecule has 0 aromatic carbocycles. The van der Waals surface area contributed by atoms with E-state index in [9.17, 15) is 9.59 Å². The summed E-state index contributed by atoms with van der Waals surface area (Å²) in [4.78, 5) is 28.3. The van der Waals surface area contributed by atoms with Crippen LogP contribution in [0.2, 0.25) is 0 Å². The summed E-state index contributed by atoms with van der Waals surface area (Å²) >= 11 is 0. The van der Waals surface area contributed by atoms with Gasteiger partial charge >= 0.3 is 5.97 Å². The molecule has 0 radical (unpaired) electrons. The number of carbonyl (C=O) groups excluding carboxylic acids is 1. The van der Waals surface area contributed by atoms with E-state index in [1.165, 1.54) is 4.90 Å². The molecule has 1 fully saturated rings. The lowest BCUT2D eigenvalue weighted by molar-refractivity contribution is -0.141. The molecule has 2 rings (SSSR count). The van der Waals surface area contributed by atoms with Crippen LogP contribution in [0.1, 0.15) is 36.2 Å². The summed E-state index contributed by atoms with van der Waals surface area (Å²) < 4.78 is 0. The van der Waals surface area contributed by atoms with Gasteiger partial charge in [-0.3, -0.25) is 9.89 Å². The summed E-state index contributed by atoms with van der Waals surface area (Å²) in [6.07, 6.45) is 1.85. The minimum absolute atomic E-state index is 0.0509. The van der Waals surface area contributed by atoms with E-state index in [4.69, 9.17) is 5.11 Å². The van der Waals surface area contributed by atoms with Crippen molar-refractivity contribution in [3.05, 3.63) is 11.6 Å². The van der Waals surface area contributed by atoms with Crippen molar-refractivity contribution in [2.24, 2.45) is 0 Å². The second-order valence-corrected chi connectivity index (χ2v) is 3.95. The van der Waals surface area contributed by atoms with Crippen LogP contribution in [-0.4, -0.2) is 49.7 Å². The molecule has 0 unspecified atom stereocenters. The Hall–Kier alpha value is -1.92. The summed E-state index contributed by atoms with van der Waals surface area (Å²) in [5.74, 6) is -0.706. The zero-order chi connectivity index (χ0) is 12.4. The van der Waals surface area contributed by atoms with Crippen molar-refractivity contribution in [1.82, 2.24) is 20.1 Å². The van der Waals surface area contributed by atoms with Crippen LogP contribution in [0.4, 0.5) is 0 Å². The molecule has 2 N–H and O–H groups in total. The normalized spacial score (nSPS) is 19.6. The minimum Gasteiger partial charge on any atom is -0.480 e. The van der Waals surface area contributed by atoms with Crippen LogP contribution in [-0.2, 0) is 11.2 Å². The summed E-state index contributed by atoms with van der Waals surface area (Å²) in [7, 11) is 0. The van der Waals surface area contributed by atoms with Crippen LogP contribution < -0.4 is 0 Å². The largest absolute Gasteiger partial charge is 0.480 e. The van der Waals surface area contributed by atoms with Gasteiger partial charge in [-0.05, 0) is 12.8 Å². The molecule has 1 aliphatic heterocycles. The SMILES string of the molecule is CCc1nc(C(=O)N2CCC[C@@H]2C(=O)O)n[nH]1. The molecule has 1 atom stereocenters. The number of H-pyrrole nitrogens is 1. The Bertz CT molecular complexity index is 443. The Morgan fingerprint density at radius 2 is 2.35 bits per heavy atom. The number of rotatable bonds is 3. The van der Waals surface area contributed by atoms with Gasteiger partial charge in [0.2, 0.25) is 5.82 Å². The van der Waals surface area contributed by atoms with Crippen molar-refractivity contribution >= 4 is 11.9 Å². The topological polar surface area (TPSA) is 99.2 Å². The maximum Gasteiger partial charge on any atom is 0.326 e. The van der Waals surface area contributed by atoms with Gasteiger partial charge < -0.3 is 10.0 Å². The molecule has 0 spiro atoms. The van der Waals surface area contributed by atoms with Gasteiger partial charge in [0, 0.05) is 13.0 Å². The van der Waals surface area contributed by atoms with E-state index in [-0.39, 0.29) is 5.82 Å². The zero-order valence-corrected chi connectivity index (χ0v) is 9.51. The Labute approximate surface area is 97.8 Å². The second kappa shape index (κ2) is 4.52. The molecule has 0 saturated carbocycles. The average Bonchev–Trinajstić information content (AvgIpc) is 2.97. The third-order valence-corrected chi connectivity index (χ3v) is 2.86. The first kappa shape index (κ1) is 11.6. The van der Waals surface area contributed by atoms with Crippen molar-refractivity contribution in [3.8, 4) is 0 Å². The molecule has 7 nitrogen and oxygen atoms in total. The third kappa shape index (κ3) is 2.13. The standard InChI is InChI=1S/C10H14N4O3/c1-2-7-11-8(13-12-7)9(15)14-5-3-4-6(14)10(16)17/h6H,2-5H2,1H3,(H,16,17)(H,11,12,13)/t6-/m1/s1. The summed E-state index contributed by atoms with van der Waals surface area (Å²) in [6, 6.07) is -0.744. The van der Waals surface area contributed by atoms with E-state index < -0.39 is 17.9 Å². The van der Waals surface area contributed by atoms with Crippen LogP contribution >= 0.6 is 0 Å². The smallest absolute Gasteiger partial charge is 0.326 e. The minimum atomic E-state index is -0.970. The van der Waals surface area contributed by atoms with Crippen molar-refractivity contribution in [3.63, 3.8) is 0 Å². The lowest BCUT2D eigenvalue weighted by Crippen LogP contribution is -2.40. The Morgan fingerprint density at radius 1 is 1.59 bits per heavy atom. The van der Waals surface area contributed by atoms with Crippen LogP contribution in [0, 0.1) is 0 Å². The van der Waals surface area contributed by atoms with Gasteiger partial charge in [-0.15, -0.1) is 5.10 Å². The molecule has 0 aliphatic carbocycles. The van der Waals surface area contributed by atoms with E-state index in [2.05, 4.69) is 15.2 Å². The number of hydrogen-bond acceptors (Lipinski definition) is 4. The molecular weight excluding hydrogens is 224 g/mol. The second-order valence-electron chi connectivity index (χ2n) is 3.95. The van der Waals surface area contributed by atoms with E-state index in [1.54, 1.807) is 0 Å². The zero-order valence-electron chi connectivity index (χ0n) is 9.51. The van der Waals surface area contributed by atoms with Crippen LogP contribution in [0.15, 0.2) is 0 Å². The van der Waals surface area contributed by atoms with E-state index in [0.29, 0.717) is 31.6 Å². The van der Waals surface area contributed by atoms with Gasteiger partial charge in [0.1, 0.15) is 11.9 Å². The number of aromatic amines is 1. The first-order valence-electron chi connectivity index (χ1n) is 5.58. The fourth-order valence-corrected chi connectivity index (χ4v) is 1.94. The molecule has 92 valence electrons. The Kier molecular flexibility index (Phi) is 3.08. The number of nitrogens with one attached hydrogen (secondary N) is 1. The number of carboxylic acids is 1. The predicted octanol–water partition coefficient (Wildman–Crippen LogP) is 0.0563. The Balaban J connectivity index is 2.16. The molecule has 1 amide bonds. The van der Waals surface area contributed by atoms with Gasteiger partial charge in [-0.1, -0.05) is 6.92 Å². The first-order valence-corrected chi connectivity index (χ1v) is 5.58. The fraction of sp³-hybridized carbons (Fsp3) is 0.600. The van der Waals surface area contributed by atoms with Crippen molar-refractivity contribution in [1.29, 1.82) is 0 Å². The van der Waals surface area contributed by atoms with Crippen molar-refractivity contribution in [2.75, 3.05) is 6.54 Å². The maximum absolute atomic E-state index is 12.0. The van der Waals surface area contributed by atoms with Gasteiger partial charge in [0.25, 0.3) is 5.91 Å². The number of carboxylic acid groups (broad SMARTS) is 1. The average molecular weight is 238 g/mol. The lowest BCUT2D eigenvalue weighted by atomic mass is 10.2. The molecule has 17 heavy (non-hydrogen) atoms. The van der Waals surface area contributed by atoms with Crippen LogP contribution in [0.25, 0.3) is 0 Å². The van der Waals surface area contributed by atoms with Crippen LogP contribution in [0.3, 0.4) is 0 Å². The van der Waals surface area contributed by atoms with Crippen molar-refractivity contribution in [2.45, 2.75) is 32.2 Å². The molecule has 1 aliphatic rings. The summed E-state index contributed by atoms with van der Waals surface area (Å²) in [5.41, 5.74) is 0. The first-order chi connectivity index (χ1) is 8.13.